The van der Waals surface area contributed by atoms with Crippen LogP contribution < -0.4 is 10.1 Å². The largest absolute Gasteiger partial charge is 0.488 e. The molecule has 1 heterocycles. The van der Waals surface area contributed by atoms with Crippen molar-refractivity contribution in [1.82, 2.24) is 10.5 Å². The van der Waals surface area contributed by atoms with Gasteiger partial charge in [0, 0.05) is 13.2 Å². The number of hydrogen-bond acceptors (Lipinski definition) is 5. The lowest BCUT2D eigenvalue weighted by molar-refractivity contribution is 0.0756. The molecule has 6 nitrogen and oxygen atoms in total. The standard InChI is InChI=1S/C19H26N2O4/c1-13(2)23-11-7-10-20-19(22)16-8-5-6-9-18(16)24-12-17-14(3)21-25-15(17)4/h5-6,8-9,13H,7,10-12H2,1-4H3,(H,20,22). The molecule has 25 heavy (non-hydrogen) atoms. The molecule has 0 saturated heterocycles. The van der Waals surface area contributed by atoms with Crippen molar-refractivity contribution in [2.24, 2.45) is 0 Å². The minimum absolute atomic E-state index is 0.154. The molecule has 0 atom stereocenters. The van der Waals surface area contributed by atoms with Crippen LogP contribution in [0.2, 0.25) is 0 Å². The van der Waals surface area contributed by atoms with Crippen LogP contribution in [0.3, 0.4) is 0 Å². The predicted molar refractivity (Wildman–Crippen MR) is 94.8 cm³/mol. The number of amides is 1. The number of carbonyl (C=O) groups excluding carboxylic acids is 1. The summed E-state index contributed by atoms with van der Waals surface area (Å²) in [6.45, 7) is 9.19. The van der Waals surface area contributed by atoms with E-state index in [0.717, 1.165) is 23.4 Å². The number of hydrogen-bond donors (Lipinski definition) is 1. The highest BCUT2D eigenvalue weighted by atomic mass is 16.5. The molecular formula is C19H26N2O4. The monoisotopic (exact) mass is 346 g/mol. The van der Waals surface area contributed by atoms with Gasteiger partial charge in [-0.15, -0.1) is 0 Å². The first kappa shape index (κ1) is 19.0. The van der Waals surface area contributed by atoms with Crippen LogP contribution in [-0.2, 0) is 11.3 Å². The Bertz CT molecular complexity index is 675. The molecule has 1 aromatic carbocycles. The second-order valence-electron chi connectivity index (χ2n) is 6.12. The van der Waals surface area contributed by atoms with Crippen molar-refractivity contribution in [2.75, 3.05) is 13.2 Å². The van der Waals surface area contributed by atoms with E-state index in [1.54, 1.807) is 12.1 Å². The first-order valence-electron chi connectivity index (χ1n) is 8.52. The lowest BCUT2D eigenvalue weighted by Crippen LogP contribution is -2.26. The highest BCUT2D eigenvalue weighted by Crippen LogP contribution is 2.21. The highest BCUT2D eigenvalue weighted by molar-refractivity contribution is 5.96. The van der Waals surface area contributed by atoms with Gasteiger partial charge in [0.05, 0.1) is 22.9 Å². The molecule has 0 radical (unpaired) electrons. The smallest absolute Gasteiger partial charge is 0.255 e. The number of rotatable bonds is 9. The molecule has 1 amide bonds. The number of aromatic nitrogens is 1. The zero-order valence-electron chi connectivity index (χ0n) is 15.3. The van der Waals surface area contributed by atoms with Gasteiger partial charge in [0.25, 0.3) is 5.91 Å². The summed E-state index contributed by atoms with van der Waals surface area (Å²) in [5, 5.41) is 6.81. The molecule has 0 spiro atoms. The second kappa shape index (κ2) is 9.22. The highest BCUT2D eigenvalue weighted by Gasteiger charge is 2.14. The molecular weight excluding hydrogens is 320 g/mol. The lowest BCUT2D eigenvalue weighted by atomic mass is 10.1. The van der Waals surface area contributed by atoms with Gasteiger partial charge in [-0.2, -0.15) is 0 Å². The summed E-state index contributed by atoms with van der Waals surface area (Å²) in [7, 11) is 0. The van der Waals surface area contributed by atoms with Gasteiger partial charge in [-0.3, -0.25) is 4.79 Å². The van der Waals surface area contributed by atoms with Crippen molar-refractivity contribution in [3.05, 3.63) is 46.8 Å². The van der Waals surface area contributed by atoms with Crippen molar-refractivity contribution >= 4 is 5.91 Å². The fourth-order valence-corrected chi connectivity index (χ4v) is 2.33. The summed E-state index contributed by atoms with van der Waals surface area (Å²) in [6, 6.07) is 7.20. The molecule has 6 heteroatoms. The molecule has 0 bridgehead atoms. The van der Waals surface area contributed by atoms with Crippen molar-refractivity contribution < 1.29 is 18.8 Å². The van der Waals surface area contributed by atoms with Crippen LogP contribution in [0.25, 0.3) is 0 Å². The van der Waals surface area contributed by atoms with Crippen molar-refractivity contribution in [2.45, 2.75) is 46.8 Å². The molecule has 136 valence electrons. The van der Waals surface area contributed by atoms with Gasteiger partial charge in [0.2, 0.25) is 0 Å². The first-order chi connectivity index (χ1) is 12.0. The fourth-order valence-electron chi connectivity index (χ4n) is 2.33. The van der Waals surface area contributed by atoms with Crippen molar-refractivity contribution in [1.29, 1.82) is 0 Å². The van der Waals surface area contributed by atoms with Crippen LogP contribution in [0, 0.1) is 13.8 Å². The molecule has 1 N–H and O–H groups in total. The van der Waals surface area contributed by atoms with Gasteiger partial charge in [-0.05, 0) is 46.2 Å². The molecule has 1 aromatic heterocycles. The van der Waals surface area contributed by atoms with E-state index >= 15 is 0 Å². The number of benzene rings is 1. The Labute approximate surface area is 148 Å². The van der Waals surface area contributed by atoms with E-state index in [1.807, 2.05) is 39.8 Å². The number of carbonyl (C=O) groups is 1. The molecule has 0 aliphatic carbocycles. The quantitative estimate of drug-likeness (QED) is 0.704. The zero-order valence-corrected chi connectivity index (χ0v) is 15.3. The topological polar surface area (TPSA) is 73.6 Å². The normalized spacial score (nSPS) is 10.9. The van der Waals surface area contributed by atoms with E-state index in [-0.39, 0.29) is 12.0 Å². The summed E-state index contributed by atoms with van der Waals surface area (Å²) in [6.07, 6.45) is 0.973. The molecule has 0 aliphatic rings. The van der Waals surface area contributed by atoms with E-state index in [2.05, 4.69) is 10.5 Å². The molecule has 0 fully saturated rings. The Morgan fingerprint density at radius 2 is 2.04 bits per heavy atom. The summed E-state index contributed by atoms with van der Waals surface area (Å²) in [5.74, 6) is 1.11. The number of ether oxygens (including phenoxy) is 2. The summed E-state index contributed by atoms with van der Waals surface area (Å²) in [4.78, 5) is 12.4. The number of nitrogens with one attached hydrogen (secondary N) is 1. The third kappa shape index (κ3) is 5.60. The lowest BCUT2D eigenvalue weighted by Gasteiger charge is -2.12. The average Bonchev–Trinajstić information content (AvgIpc) is 2.90. The van der Waals surface area contributed by atoms with Crippen LogP contribution in [-0.4, -0.2) is 30.3 Å². The van der Waals surface area contributed by atoms with Crippen LogP contribution in [0.5, 0.6) is 5.75 Å². The molecule has 0 aliphatic heterocycles. The van der Waals surface area contributed by atoms with Crippen LogP contribution >= 0.6 is 0 Å². The van der Waals surface area contributed by atoms with E-state index in [4.69, 9.17) is 14.0 Å². The van der Waals surface area contributed by atoms with Crippen LogP contribution in [0.4, 0.5) is 0 Å². The second-order valence-corrected chi connectivity index (χ2v) is 6.12. The summed E-state index contributed by atoms with van der Waals surface area (Å²) < 4.78 is 16.4. The summed E-state index contributed by atoms with van der Waals surface area (Å²) >= 11 is 0. The minimum atomic E-state index is -0.154. The third-order valence-electron chi connectivity index (χ3n) is 3.74. The Hall–Kier alpha value is -2.34. The fraction of sp³-hybridized carbons (Fsp3) is 0.474. The van der Waals surface area contributed by atoms with Gasteiger partial charge < -0.3 is 19.3 Å². The van der Waals surface area contributed by atoms with Crippen LogP contribution in [0.15, 0.2) is 28.8 Å². The Morgan fingerprint density at radius 1 is 1.28 bits per heavy atom. The number of para-hydroxylation sites is 1. The third-order valence-corrected chi connectivity index (χ3v) is 3.74. The van der Waals surface area contributed by atoms with Gasteiger partial charge >= 0.3 is 0 Å². The van der Waals surface area contributed by atoms with E-state index < -0.39 is 0 Å². The summed E-state index contributed by atoms with van der Waals surface area (Å²) in [5.41, 5.74) is 2.21. The molecule has 2 rings (SSSR count). The maximum absolute atomic E-state index is 12.4. The Kier molecular flexibility index (Phi) is 7.01. The molecule has 0 unspecified atom stereocenters. The van der Waals surface area contributed by atoms with Gasteiger partial charge in [-0.1, -0.05) is 17.3 Å². The SMILES string of the molecule is Cc1noc(C)c1COc1ccccc1C(=O)NCCCOC(C)C. The predicted octanol–water partition coefficient (Wildman–Crippen LogP) is 3.42. The average molecular weight is 346 g/mol. The maximum atomic E-state index is 12.4. The minimum Gasteiger partial charge on any atom is -0.488 e. The van der Waals surface area contributed by atoms with E-state index in [1.165, 1.54) is 0 Å². The van der Waals surface area contributed by atoms with Crippen molar-refractivity contribution in [3.8, 4) is 5.75 Å². The number of nitrogens with zero attached hydrogens (tertiary/aromatic N) is 1. The van der Waals surface area contributed by atoms with E-state index in [9.17, 15) is 4.79 Å². The van der Waals surface area contributed by atoms with Crippen molar-refractivity contribution in [3.63, 3.8) is 0 Å². The Morgan fingerprint density at radius 3 is 2.72 bits per heavy atom. The number of aryl methyl sites for hydroxylation is 2. The van der Waals surface area contributed by atoms with Gasteiger partial charge in [0.1, 0.15) is 18.1 Å². The zero-order chi connectivity index (χ0) is 18.2. The van der Waals surface area contributed by atoms with Gasteiger partial charge in [0.15, 0.2) is 0 Å². The Balaban J connectivity index is 1.92. The van der Waals surface area contributed by atoms with Crippen LogP contribution in [0.1, 0.15) is 47.6 Å². The molecule has 0 saturated carbocycles. The van der Waals surface area contributed by atoms with E-state index in [0.29, 0.717) is 31.1 Å². The first-order valence-corrected chi connectivity index (χ1v) is 8.52. The maximum Gasteiger partial charge on any atom is 0.255 e. The molecule has 2 aromatic rings. The van der Waals surface area contributed by atoms with Gasteiger partial charge in [-0.25, -0.2) is 0 Å².